The van der Waals surface area contributed by atoms with Crippen LogP contribution in [0.25, 0.3) is 0 Å². The molecule has 2 aromatic rings. The molecule has 4 aliphatic rings. The lowest BCUT2D eigenvalue weighted by atomic mass is 9.59. The molecule has 4 atom stereocenters. The number of hydrogen-bond acceptors (Lipinski definition) is 11. The minimum absolute atomic E-state index is 0.00772. The van der Waals surface area contributed by atoms with E-state index in [9.17, 15) is 44.5 Å². The van der Waals surface area contributed by atoms with Gasteiger partial charge in [-0.1, -0.05) is 11.6 Å². The van der Waals surface area contributed by atoms with Gasteiger partial charge in [-0.15, -0.1) is 0 Å². The lowest BCUT2D eigenvalue weighted by Crippen LogP contribution is -2.39. The molecule has 47 heavy (non-hydrogen) atoms. The van der Waals surface area contributed by atoms with E-state index in [1.807, 2.05) is 22.6 Å². The number of fused-ring (bicyclic) bond motifs is 3. The number of anilines is 2. The topological polar surface area (TPSA) is 190 Å². The van der Waals surface area contributed by atoms with Gasteiger partial charge in [0.15, 0.2) is 28.8 Å². The van der Waals surface area contributed by atoms with Crippen molar-refractivity contribution in [3.8, 4) is 11.5 Å². The molecule has 0 saturated carbocycles. The summed E-state index contributed by atoms with van der Waals surface area (Å²) in [6, 6.07) is 5.21. The summed E-state index contributed by atoms with van der Waals surface area (Å²) in [4.78, 5) is 79.7. The van der Waals surface area contributed by atoms with Crippen LogP contribution in [0.3, 0.4) is 0 Å². The Balaban J connectivity index is 1.50. The second kappa shape index (κ2) is 11.4. The average molecular weight is 754 g/mol. The summed E-state index contributed by atoms with van der Waals surface area (Å²) in [5.41, 5.74) is 0.0436. The lowest BCUT2D eigenvalue weighted by Gasteiger charge is -2.42. The van der Waals surface area contributed by atoms with Crippen LogP contribution in [0.5, 0.6) is 11.5 Å². The van der Waals surface area contributed by atoms with Crippen molar-refractivity contribution in [1.29, 1.82) is 0 Å². The first-order valence-electron chi connectivity index (χ1n) is 14.5. The molecular formula is C32H27IN4O10. The molecule has 242 valence electrons. The lowest BCUT2D eigenvalue weighted by molar-refractivity contribution is -0.392. The van der Waals surface area contributed by atoms with Gasteiger partial charge in [-0.3, -0.25) is 39.4 Å². The third-order valence-corrected chi connectivity index (χ3v) is 10.1. The first-order chi connectivity index (χ1) is 22.2. The molecule has 1 heterocycles. The number of nitro benzene ring substituents is 2. The molecule has 0 radical (unpaired) electrons. The van der Waals surface area contributed by atoms with Crippen LogP contribution in [0.15, 0.2) is 58.7 Å². The highest BCUT2D eigenvalue weighted by molar-refractivity contribution is 14.1. The SMILES string of the molecule is COc1cc(C2C3=CCC4C(=O)N(c5cc([N+](=O)[O-])c(N(C)C)c([N+](=O)[O-])c5)C(=O)C4C3CC3=C2C(=O)C(C)=CC3=O)cc(I)c1O. The number of imide groups is 1. The number of phenols is 1. The quantitative estimate of drug-likeness (QED) is 0.109. The Bertz CT molecular complexity index is 1930. The minimum Gasteiger partial charge on any atom is -0.504 e. The van der Waals surface area contributed by atoms with Crippen LogP contribution in [0.4, 0.5) is 22.7 Å². The summed E-state index contributed by atoms with van der Waals surface area (Å²) in [5, 5.41) is 34.6. The summed E-state index contributed by atoms with van der Waals surface area (Å²) in [6.07, 6.45) is 3.13. The van der Waals surface area contributed by atoms with E-state index in [0.29, 0.717) is 14.7 Å². The predicted molar refractivity (Wildman–Crippen MR) is 175 cm³/mol. The van der Waals surface area contributed by atoms with Gasteiger partial charge in [-0.2, -0.15) is 0 Å². The molecule has 2 aromatic carbocycles. The molecule has 1 aliphatic heterocycles. The van der Waals surface area contributed by atoms with Crippen molar-refractivity contribution in [3.63, 3.8) is 0 Å². The van der Waals surface area contributed by atoms with Crippen molar-refractivity contribution >= 4 is 68.7 Å². The highest BCUT2D eigenvalue weighted by atomic mass is 127. The number of benzene rings is 2. The van der Waals surface area contributed by atoms with Crippen molar-refractivity contribution in [2.24, 2.45) is 17.8 Å². The van der Waals surface area contributed by atoms with E-state index in [1.165, 1.54) is 32.2 Å². The predicted octanol–water partition coefficient (Wildman–Crippen LogP) is 4.52. The second-order valence-electron chi connectivity index (χ2n) is 12.0. The highest BCUT2D eigenvalue weighted by Gasteiger charge is 2.57. The third-order valence-electron chi connectivity index (χ3n) is 9.32. The van der Waals surface area contributed by atoms with Gasteiger partial charge in [0.1, 0.15) is 0 Å². The number of hydrogen-bond donors (Lipinski definition) is 1. The fourth-order valence-corrected chi connectivity index (χ4v) is 7.99. The minimum atomic E-state index is -1.02. The molecule has 0 bridgehead atoms. The third kappa shape index (κ3) is 4.82. The van der Waals surface area contributed by atoms with Crippen LogP contribution in [-0.4, -0.2) is 59.5 Å². The molecule has 0 spiro atoms. The Morgan fingerprint density at radius 1 is 1.00 bits per heavy atom. The summed E-state index contributed by atoms with van der Waals surface area (Å²) in [6.45, 7) is 1.55. The van der Waals surface area contributed by atoms with Gasteiger partial charge in [0.2, 0.25) is 11.8 Å². The standard InChI is InChI=1S/C32H27IN4O10/c1-13-7-23(38)19-12-18-16(25(27(19)29(13)39)14-8-20(33)30(40)24(9-14)47-4)5-6-17-26(18)32(42)35(31(17)41)15-10-21(36(43)44)28(34(2)3)22(11-15)37(45)46/h5,7-11,17-18,25-26,40H,6,12H2,1-4H3. The summed E-state index contributed by atoms with van der Waals surface area (Å²) >= 11 is 1.93. The fraction of sp³-hybridized carbons (Fsp3) is 0.312. The normalized spacial score (nSPS) is 23.6. The number of rotatable bonds is 6. The molecule has 1 N–H and O–H groups in total. The van der Waals surface area contributed by atoms with E-state index in [1.54, 1.807) is 25.1 Å². The maximum atomic E-state index is 14.3. The number of phenolic OH excluding ortho intramolecular Hbond substituents is 1. The maximum absolute atomic E-state index is 14.3. The van der Waals surface area contributed by atoms with Gasteiger partial charge >= 0.3 is 11.4 Å². The number of ether oxygens (including phenoxy) is 1. The molecule has 15 heteroatoms. The Morgan fingerprint density at radius 3 is 2.21 bits per heavy atom. The van der Waals surface area contributed by atoms with Crippen molar-refractivity contribution in [2.75, 3.05) is 31.0 Å². The average Bonchev–Trinajstić information content (AvgIpc) is 3.28. The smallest absolute Gasteiger partial charge is 0.301 e. The molecule has 0 aromatic heterocycles. The Labute approximate surface area is 280 Å². The Kier molecular flexibility index (Phi) is 7.77. The Hall–Kier alpha value is -4.93. The fourth-order valence-electron chi connectivity index (χ4n) is 7.37. The van der Waals surface area contributed by atoms with E-state index < -0.39 is 56.7 Å². The van der Waals surface area contributed by atoms with E-state index in [2.05, 4.69) is 0 Å². The number of nitro groups is 2. The zero-order chi connectivity index (χ0) is 34.2. The molecule has 1 fully saturated rings. The largest absolute Gasteiger partial charge is 0.504 e. The van der Waals surface area contributed by atoms with E-state index >= 15 is 0 Å². The number of amides is 2. The van der Waals surface area contributed by atoms with Crippen molar-refractivity contribution in [1.82, 2.24) is 0 Å². The van der Waals surface area contributed by atoms with Crippen LogP contribution in [0.2, 0.25) is 0 Å². The number of Topliss-reactive ketones (excluding diaryl/α,β-unsaturated/α-hetero) is 1. The number of nitrogens with zero attached hydrogens (tertiary/aromatic N) is 4. The molecular weight excluding hydrogens is 727 g/mol. The van der Waals surface area contributed by atoms with E-state index in [-0.39, 0.29) is 64.0 Å². The monoisotopic (exact) mass is 754 g/mol. The summed E-state index contributed by atoms with van der Waals surface area (Å²) < 4.78 is 5.81. The van der Waals surface area contributed by atoms with Crippen LogP contribution < -0.4 is 14.5 Å². The number of ketones is 2. The number of methoxy groups -OCH3 is 1. The molecule has 1 saturated heterocycles. The maximum Gasteiger partial charge on any atom is 0.301 e. The van der Waals surface area contributed by atoms with E-state index in [4.69, 9.17) is 4.74 Å². The van der Waals surface area contributed by atoms with Gasteiger partial charge in [-0.05, 0) is 72.0 Å². The van der Waals surface area contributed by atoms with Gasteiger partial charge in [0.25, 0.3) is 0 Å². The zero-order valence-corrected chi connectivity index (χ0v) is 27.6. The van der Waals surface area contributed by atoms with Crippen LogP contribution in [0.1, 0.15) is 31.2 Å². The summed E-state index contributed by atoms with van der Waals surface area (Å²) in [7, 11) is 4.20. The molecule has 4 unspecified atom stereocenters. The zero-order valence-electron chi connectivity index (χ0n) is 25.5. The van der Waals surface area contributed by atoms with Crippen molar-refractivity contribution in [2.45, 2.75) is 25.7 Å². The number of carbonyl (C=O) groups excluding carboxylic acids is 4. The van der Waals surface area contributed by atoms with Crippen molar-refractivity contribution in [3.05, 3.63) is 88.1 Å². The first-order valence-corrected chi connectivity index (χ1v) is 15.5. The van der Waals surface area contributed by atoms with Crippen LogP contribution in [0, 0.1) is 41.6 Å². The molecule has 14 nitrogen and oxygen atoms in total. The van der Waals surface area contributed by atoms with Gasteiger partial charge in [0.05, 0.1) is 38.0 Å². The van der Waals surface area contributed by atoms with Gasteiger partial charge in [-0.25, -0.2) is 4.90 Å². The van der Waals surface area contributed by atoms with Crippen LogP contribution in [-0.2, 0) is 19.2 Å². The number of allylic oxidation sites excluding steroid dienone is 6. The molecule has 6 rings (SSSR count). The number of carbonyl (C=O) groups is 4. The highest BCUT2D eigenvalue weighted by Crippen LogP contribution is 2.56. The Morgan fingerprint density at radius 2 is 1.64 bits per heavy atom. The number of aromatic hydroxyl groups is 1. The molecule has 3 aliphatic carbocycles. The second-order valence-corrected chi connectivity index (χ2v) is 13.2. The first kappa shape index (κ1) is 32.0. The summed E-state index contributed by atoms with van der Waals surface area (Å²) in [5.74, 6) is -5.49. The van der Waals surface area contributed by atoms with E-state index in [0.717, 1.165) is 17.0 Å². The molecule has 2 amide bonds. The van der Waals surface area contributed by atoms with Crippen LogP contribution >= 0.6 is 22.6 Å². The number of halogens is 1. The van der Waals surface area contributed by atoms with Crippen molar-refractivity contribution < 1.29 is 38.9 Å². The van der Waals surface area contributed by atoms with Gasteiger partial charge in [0, 0.05) is 48.9 Å². The van der Waals surface area contributed by atoms with Gasteiger partial charge < -0.3 is 14.7 Å².